The van der Waals surface area contributed by atoms with Crippen molar-refractivity contribution in [1.82, 2.24) is 9.97 Å². The molecule has 42 heavy (non-hydrogen) atoms. The minimum Gasteiger partial charge on any atom is -0.369 e. The van der Waals surface area contributed by atoms with Gasteiger partial charge in [-0.3, -0.25) is 9.78 Å². The van der Waals surface area contributed by atoms with Gasteiger partial charge in [0, 0.05) is 49.9 Å². The molecule has 0 radical (unpaired) electrons. The van der Waals surface area contributed by atoms with E-state index in [4.69, 9.17) is 4.98 Å². The predicted octanol–water partition coefficient (Wildman–Crippen LogP) is 6.03. The molecule has 220 valence electrons. The summed E-state index contributed by atoms with van der Waals surface area (Å²) in [6.07, 6.45) is 1.49. The molecule has 3 heterocycles. The maximum atomic E-state index is 14.9. The number of hydrogen-bond acceptors (Lipinski definition) is 8. The van der Waals surface area contributed by atoms with Crippen LogP contribution in [0.5, 0.6) is 0 Å². The van der Waals surface area contributed by atoms with Gasteiger partial charge in [-0.1, -0.05) is 12.1 Å². The van der Waals surface area contributed by atoms with Gasteiger partial charge in [0.1, 0.15) is 16.6 Å². The van der Waals surface area contributed by atoms with Crippen molar-refractivity contribution in [3.05, 3.63) is 54.1 Å². The van der Waals surface area contributed by atoms with E-state index < -0.39 is 51.7 Å². The molecule has 3 aromatic rings. The summed E-state index contributed by atoms with van der Waals surface area (Å²) in [5, 5.41) is 9.99. The second kappa shape index (κ2) is 10.8. The molecule has 1 saturated heterocycles. The Hall–Kier alpha value is -3.30. The molecule has 0 N–H and O–H groups in total. The molecule has 2 aromatic heterocycles. The number of ketones is 1. The predicted molar refractivity (Wildman–Crippen MR) is 154 cm³/mol. The van der Waals surface area contributed by atoms with Crippen molar-refractivity contribution in [2.24, 2.45) is 11.3 Å². The number of halogens is 3. The van der Waals surface area contributed by atoms with Gasteiger partial charge in [0.25, 0.3) is 0 Å². The highest BCUT2D eigenvalue weighted by atomic mass is 32.2. The molecule has 2 aliphatic carbocycles. The molecule has 2 saturated carbocycles. The number of Topliss-reactive ketones (excluding diaryl/α,β-unsaturated/α-hetero) is 1. The monoisotopic (exact) mass is 614 g/mol. The number of carbonyl (C=O) groups is 1. The number of carbonyl (C=O) groups excluding carboxylic acids is 1. The van der Waals surface area contributed by atoms with Crippen LogP contribution in [-0.2, 0) is 14.6 Å². The smallest absolute Gasteiger partial charge is 0.248 e. The fourth-order valence-electron chi connectivity index (χ4n) is 5.95. The summed E-state index contributed by atoms with van der Waals surface area (Å²) in [5.41, 5.74) is 1.67. The van der Waals surface area contributed by atoms with Crippen molar-refractivity contribution >= 4 is 32.6 Å². The van der Waals surface area contributed by atoms with Gasteiger partial charge in [0.2, 0.25) is 5.92 Å². The number of anilines is 1. The van der Waals surface area contributed by atoms with Gasteiger partial charge < -0.3 is 4.90 Å². The van der Waals surface area contributed by atoms with Gasteiger partial charge in [0.15, 0.2) is 9.84 Å². The van der Waals surface area contributed by atoms with Crippen molar-refractivity contribution in [1.29, 1.82) is 5.26 Å². The Morgan fingerprint density at radius 2 is 1.81 bits per heavy atom. The van der Waals surface area contributed by atoms with Crippen LogP contribution >= 0.6 is 11.3 Å². The van der Waals surface area contributed by atoms with E-state index in [0.29, 0.717) is 47.2 Å². The molecule has 0 amide bonds. The van der Waals surface area contributed by atoms with Crippen molar-refractivity contribution < 1.29 is 26.4 Å². The van der Waals surface area contributed by atoms with Crippen molar-refractivity contribution in [3.63, 3.8) is 0 Å². The van der Waals surface area contributed by atoms with Gasteiger partial charge in [-0.05, 0) is 49.1 Å². The number of nitrogens with zero attached hydrogens (tertiary/aromatic N) is 4. The third kappa shape index (κ3) is 5.95. The highest BCUT2D eigenvalue weighted by Crippen LogP contribution is 2.53. The lowest BCUT2D eigenvalue weighted by molar-refractivity contribution is -0.129. The lowest BCUT2D eigenvalue weighted by Crippen LogP contribution is -2.40. The van der Waals surface area contributed by atoms with Crippen LogP contribution in [0.3, 0.4) is 0 Å². The third-order valence-corrected chi connectivity index (χ3v) is 11.4. The summed E-state index contributed by atoms with van der Waals surface area (Å²) < 4.78 is 67.2. The van der Waals surface area contributed by atoms with Crippen molar-refractivity contribution in [3.8, 4) is 27.2 Å². The maximum Gasteiger partial charge on any atom is 0.248 e. The zero-order valence-corrected chi connectivity index (χ0v) is 24.4. The second-order valence-corrected chi connectivity index (χ2v) is 14.9. The normalized spacial score (nSPS) is 24.1. The van der Waals surface area contributed by atoms with Crippen molar-refractivity contribution in [2.75, 3.05) is 29.5 Å². The number of benzene rings is 1. The molecular weight excluding hydrogens is 585 g/mol. The highest BCUT2D eigenvalue weighted by molar-refractivity contribution is 7.91. The van der Waals surface area contributed by atoms with E-state index in [1.165, 1.54) is 23.5 Å². The van der Waals surface area contributed by atoms with E-state index in [0.717, 1.165) is 17.4 Å². The SMILES string of the molecule is N#CC1(CC(=O)[C@@H]2CCC(F)(F)C[C@H]2c2nc(-c3ccc(F)cn3)sc2-c2ccc(N3CCS(=O)(=O)CC3)cc2)CC1. The van der Waals surface area contributed by atoms with Crippen molar-refractivity contribution in [2.45, 2.75) is 50.4 Å². The number of rotatable bonds is 7. The van der Waals surface area contributed by atoms with Crippen LogP contribution in [0.1, 0.15) is 50.1 Å². The lowest BCUT2D eigenvalue weighted by Gasteiger charge is -2.35. The van der Waals surface area contributed by atoms with Crippen LogP contribution in [0, 0.1) is 28.5 Å². The second-order valence-electron chi connectivity index (χ2n) is 11.6. The lowest BCUT2D eigenvalue weighted by atomic mass is 9.71. The number of aromatic nitrogens is 2. The Balaban J connectivity index is 1.38. The minimum atomic E-state index is -3.03. The molecule has 0 spiro atoms. The molecular formula is C30H29F3N4O3S2. The molecule has 7 nitrogen and oxygen atoms in total. The first-order valence-corrected chi connectivity index (χ1v) is 16.6. The Labute approximate surface area is 246 Å². The molecule has 12 heteroatoms. The van der Waals surface area contributed by atoms with Gasteiger partial charge in [-0.2, -0.15) is 5.26 Å². The molecule has 3 fully saturated rings. The van der Waals surface area contributed by atoms with Gasteiger partial charge in [-0.25, -0.2) is 26.6 Å². The number of pyridine rings is 1. The molecule has 2 atom stereocenters. The van der Waals surface area contributed by atoms with Gasteiger partial charge in [0.05, 0.1) is 45.5 Å². The first-order chi connectivity index (χ1) is 20.0. The molecule has 0 unspecified atom stereocenters. The maximum absolute atomic E-state index is 14.9. The van der Waals surface area contributed by atoms with Crippen LogP contribution < -0.4 is 4.90 Å². The van der Waals surface area contributed by atoms with E-state index in [2.05, 4.69) is 11.1 Å². The molecule has 6 rings (SSSR count). The zero-order chi connectivity index (χ0) is 29.7. The van der Waals surface area contributed by atoms with Crippen LogP contribution in [0.4, 0.5) is 18.9 Å². The quantitative estimate of drug-likeness (QED) is 0.320. The summed E-state index contributed by atoms with van der Waals surface area (Å²) in [4.78, 5) is 25.1. The van der Waals surface area contributed by atoms with Gasteiger partial charge in [-0.15, -0.1) is 11.3 Å². The minimum absolute atomic E-state index is 0.00983. The van der Waals surface area contributed by atoms with E-state index in [9.17, 15) is 31.6 Å². The number of thiazole rings is 1. The van der Waals surface area contributed by atoms with Gasteiger partial charge >= 0.3 is 0 Å². The summed E-state index contributed by atoms with van der Waals surface area (Å²) in [6, 6.07) is 12.4. The van der Waals surface area contributed by atoms with E-state index >= 15 is 0 Å². The summed E-state index contributed by atoms with van der Waals surface area (Å²) >= 11 is 1.25. The number of alkyl halides is 2. The molecule has 1 aliphatic heterocycles. The molecule has 3 aliphatic rings. The standard InChI is InChI=1S/C30H29F3N4O3S2/c31-20-3-6-24(35-17-20)28-36-26(23-15-30(32,33)8-7-22(23)25(38)16-29(18-34)9-10-29)27(41-28)19-1-4-21(5-2-19)37-11-13-42(39,40)14-12-37/h1-6,17,22-23H,7-16H2/t22-,23-/m1/s1. The fourth-order valence-corrected chi connectivity index (χ4v) is 8.27. The third-order valence-electron chi connectivity index (χ3n) is 8.63. The number of hydrogen-bond donors (Lipinski definition) is 0. The number of sulfone groups is 1. The van der Waals surface area contributed by atoms with E-state index in [1.807, 2.05) is 29.2 Å². The average Bonchev–Trinajstić information content (AvgIpc) is 3.59. The van der Waals surface area contributed by atoms with Crippen LogP contribution in [0.2, 0.25) is 0 Å². The van der Waals surface area contributed by atoms with E-state index in [1.54, 1.807) is 0 Å². The topological polar surface area (TPSA) is 104 Å². The summed E-state index contributed by atoms with van der Waals surface area (Å²) in [6.45, 7) is 0.776. The fraction of sp³-hybridized carbons (Fsp3) is 0.467. The highest BCUT2D eigenvalue weighted by Gasteiger charge is 2.50. The van der Waals surface area contributed by atoms with Crippen LogP contribution in [0.15, 0.2) is 42.6 Å². The zero-order valence-electron chi connectivity index (χ0n) is 22.7. The Bertz CT molecular complexity index is 1630. The van der Waals surface area contributed by atoms with Crippen LogP contribution in [-0.4, -0.2) is 54.7 Å². The number of nitriles is 1. The summed E-state index contributed by atoms with van der Waals surface area (Å²) in [7, 11) is -3.03. The largest absolute Gasteiger partial charge is 0.369 e. The molecule has 1 aromatic carbocycles. The molecule has 0 bridgehead atoms. The first-order valence-electron chi connectivity index (χ1n) is 14.0. The average molecular weight is 615 g/mol. The first kappa shape index (κ1) is 28.8. The Kier molecular flexibility index (Phi) is 7.38. The van der Waals surface area contributed by atoms with E-state index in [-0.39, 0.29) is 30.1 Å². The van der Waals surface area contributed by atoms with Crippen LogP contribution in [0.25, 0.3) is 21.1 Å². The Morgan fingerprint density at radius 3 is 2.43 bits per heavy atom. The Morgan fingerprint density at radius 1 is 1.10 bits per heavy atom. The summed E-state index contributed by atoms with van der Waals surface area (Å²) in [5.74, 6) is -5.04.